The first-order valence-electron chi connectivity index (χ1n) is 4.03. The quantitative estimate of drug-likeness (QED) is 0.781. The van der Waals surface area contributed by atoms with Crippen molar-refractivity contribution < 1.29 is 27.1 Å². The van der Waals surface area contributed by atoms with Crippen molar-refractivity contribution in [2.45, 2.75) is 19.2 Å². The number of aromatic nitrogens is 1. The van der Waals surface area contributed by atoms with Gasteiger partial charge in [0.1, 0.15) is 0 Å². The number of halogens is 5. The van der Waals surface area contributed by atoms with Crippen molar-refractivity contribution in [1.29, 1.82) is 0 Å². The maximum atomic E-state index is 12.4. The zero-order chi connectivity index (χ0) is 12.5. The number of alkyl halides is 5. The van der Waals surface area contributed by atoms with Gasteiger partial charge in [-0.15, -0.1) is 0 Å². The van der Waals surface area contributed by atoms with Gasteiger partial charge in [0.2, 0.25) is 0 Å². The van der Waals surface area contributed by atoms with Crippen LogP contribution in [0.4, 0.5) is 27.6 Å². The lowest BCUT2D eigenvalue weighted by Gasteiger charge is -2.14. The Morgan fingerprint density at radius 2 is 1.94 bits per heavy atom. The third kappa shape index (κ3) is 2.38. The molecular formula is C8H7F5N2O. The number of aliphatic hydroxyl groups is 1. The summed E-state index contributed by atoms with van der Waals surface area (Å²) >= 11 is 0. The molecule has 1 aromatic rings. The number of nitrogen functional groups attached to an aromatic ring is 1. The first-order chi connectivity index (χ1) is 7.27. The molecule has 8 heteroatoms. The Hall–Kier alpha value is -1.44. The predicted octanol–water partition coefficient (Wildman–Crippen LogP) is 2.11. The van der Waals surface area contributed by atoms with Crippen molar-refractivity contribution in [2.24, 2.45) is 0 Å². The Balaban J connectivity index is 3.47. The summed E-state index contributed by atoms with van der Waals surface area (Å²) < 4.78 is 61.9. The zero-order valence-electron chi connectivity index (χ0n) is 7.72. The van der Waals surface area contributed by atoms with Crippen LogP contribution in [0.15, 0.2) is 6.07 Å². The number of hydrogen-bond acceptors (Lipinski definition) is 3. The number of aliphatic hydroxyl groups excluding tert-OH is 1. The van der Waals surface area contributed by atoms with Crippen molar-refractivity contribution >= 4 is 5.69 Å². The molecule has 0 aliphatic rings. The molecular weight excluding hydrogens is 235 g/mol. The second-order valence-corrected chi connectivity index (χ2v) is 2.92. The largest absolute Gasteiger partial charge is 0.433 e. The fraction of sp³-hybridized carbons (Fsp3) is 0.375. The number of rotatable bonds is 2. The highest BCUT2D eigenvalue weighted by Crippen LogP contribution is 2.38. The molecule has 0 aliphatic carbocycles. The number of hydrogen-bond donors (Lipinski definition) is 2. The Kier molecular flexibility index (Phi) is 3.32. The lowest BCUT2D eigenvalue weighted by atomic mass is 10.1. The fourth-order valence-corrected chi connectivity index (χ4v) is 1.16. The lowest BCUT2D eigenvalue weighted by Crippen LogP contribution is -2.16. The molecule has 0 spiro atoms. The van der Waals surface area contributed by atoms with E-state index < -0.39 is 41.8 Å². The van der Waals surface area contributed by atoms with Crippen LogP contribution < -0.4 is 5.73 Å². The lowest BCUT2D eigenvalue weighted by molar-refractivity contribution is -0.143. The van der Waals surface area contributed by atoms with Crippen LogP contribution in [0.1, 0.15) is 23.4 Å². The number of nitrogens with two attached hydrogens (primary N) is 1. The van der Waals surface area contributed by atoms with Gasteiger partial charge in [0, 0.05) is 5.69 Å². The normalized spacial score (nSPS) is 12.2. The molecule has 0 amide bonds. The molecule has 90 valence electrons. The Morgan fingerprint density at radius 1 is 1.38 bits per heavy atom. The Labute approximate surface area is 86.7 Å². The summed E-state index contributed by atoms with van der Waals surface area (Å²) in [5.41, 5.74) is 0.807. The van der Waals surface area contributed by atoms with E-state index >= 15 is 0 Å². The first-order valence-corrected chi connectivity index (χ1v) is 4.03. The molecule has 1 heterocycles. The van der Waals surface area contributed by atoms with Crippen LogP contribution in [-0.2, 0) is 12.8 Å². The van der Waals surface area contributed by atoms with Crippen molar-refractivity contribution in [1.82, 2.24) is 4.98 Å². The highest BCUT2D eigenvalue weighted by Gasteiger charge is 2.39. The number of nitrogens with zero attached hydrogens (tertiary/aromatic N) is 1. The molecule has 0 aromatic carbocycles. The van der Waals surface area contributed by atoms with Crippen molar-refractivity contribution in [3.63, 3.8) is 0 Å². The van der Waals surface area contributed by atoms with E-state index in [9.17, 15) is 22.0 Å². The Bertz CT molecular complexity index is 391. The number of anilines is 1. The third-order valence-corrected chi connectivity index (χ3v) is 1.79. The summed E-state index contributed by atoms with van der Waals surface area (Å²) in [6, 6.07) is 0.788. The van der Waals surface area contributed by atoms with Crippen LogP contribution in [-0.4, -0.2) is 10.1 Å². The zero-order valence-corrected chi connectivity index (χ0v) is 7.72. The smallest absolute Gasteiger partial charge is 0.398 e. The second kappa shape index (κ2) is 4.20. The van der Waals surface area contributed by atoms with E-state index in [0.717, 1.165) is 6.07 Å². The minimum absolute atomic E-state index is 0.408. The topological polar surface area (TPSA) is 59.1 Å². The van der Waals surface area contributed by atoms with Gasteiger partial charge < -0.3 is 10.8 Å². The summed E-state index contributed by atoms with van der Waals surface area (Å²) in [5.74, 6) is 0. The van der Waals surface area contributed by atoms with Crippen LogP contribution in [0, 0.1) is 0 Å². The van der Waals surface area contributed by atoms with E-state index in [1.165, 1.54) is 0 Å². The summed E-state index contributed by atoms with van der Waals surface area (Å²) in [4.78, 5) is 2.91. The first kappa shape index (κ1) is 12.6. The van der Waals surface area contributed by atoms with E-state index in [0.29, 0.717) is 0 Å². The minimum atomic E-state index is -5.04. The van der Waals surface area contributed by atoms with E-state index in [4.69, 9.17) is 10.8 Å². The molecule has 3 N–H and O–H groups in total. The van der Waals surface area contributed by atoms with Gasteiger partial charge >= 0.3 is 6.18 Å². The molecule has 0 unspecified atom stereocenters. The summed E-state index contributed by atoms with van der Waals surface area (Å²) in [6.07, 6.45) is -8.41. The van der Waals surface area contributed by atoms with Crippen molar-refractivity contribution in [3.8, 4) is 0 Å². The molecule has 1 rings (SSSR count). The SMILES string of the molecule is Nc1cc(CO)nc(C(F)(F)F)c1C(F)F. The van der Waals surface area contributed by atoms with Crippen molar-refractivity contribution in [2.75, 3.05) is 5.73 Å². The van der Waals surface area contributed by atoms with Gasteiger partial charge in [0.15, 0.2) is 5.69 Å². The van der Waals surface area contributed by atoms with Gasteiger partial charge in [0.25, 0.3) is 6.43 Å². The highest BCUT2D eigenvalue weighted by atomic mass is 19.4. The van der Waals surface area contributed by atoms with Crippen LogP contribution in [0.2, 0.25) is 0 Å². The standard InChI is InChI=1S/C8H7F5N2O/c9-7(10)5-4(14)1-3(2-16)15-6(5)8(11,12)13/h1,7,16H,2H2,(H2,14,15). The summed E-state index contributed by atoms with van der Waals surface area (Å²) in [5, 5.41) is 8.61. The molecule has 3 nitrogen and oxygen atoms in total. The van der Waals surface area contributed by atoms with E-state index in [2.05, 4.69) is 4.98 Å². The molecule has 0 atom stereocenters. The van der Waals surface area contributed by atoms with Crippen LogP contribution >= 0.6 is 0 Å². The monoisotopic (exact) mass is 242 g/mol. The maximum absolute atomic E-state index is 12.4. The second-order valence-electron chi connectivity index (χ2n) is 2.92. The highest BCUT2D eigenvalue weighted by molar-refractivity contribution is 5.51. The van der Waals surface area contributed by atoms with Crippen LogP contribution in [0.3, 0.4) is 0 Å². The average Bonchev–Trinajstić information content (AvgIpc) is 2.14. The number of pyridine rings is 1. The van der Waals surface area contributed by atoms with Gasteiger partial charge in [-0.2, -0.15) is 13.2 Å². The predicted molar refractivity (Wildman–Crippen MR) is 44.5 cm³/mol. The average molecular weight is 242 g/mol. The molecule has 0 aliphatic heterocycles. The molecule has 0 radical (unpaired) electrons. The van der Waals surface area contributed by atoms with E-state index in [1.807, 2.05) is 0 Å². The van der Waals surface area contributed by atoms with Gasteiger partial charge in [0.05, 0.1) is 17.9 Å². The third-order valence-electron chi connectivity index (χ3n) is 1.79. The van der Waals surface area contributed by atoms with Crippen LogP contribution in [0.5, 0.6) is 0 Å². The van der Waals surface area contributed by atoms with E-state index in [1.54, 1.807) is 0 Å². The van der Waals surface area contributed by atoms with E-state index in [-0.39, 0.29) is 0 Å². The van der Waals surface area contributed by atoms with Gasteiger partial charge in [-0.25, -0.2) is 13.8 Å². The van der Waals surface area contributed by atoms with Gasteiger partial charge in [-0.3, -0.25) is 0 Å². The molecule has 0 saturated heterocycles. The molecule has 0 bridgehead atoms. The van der Waals surface area contributed by atoms with Crippen LogP contribution in [0.25, 0.3) is 0 Å². The fourth-order valence-electron chi connectivity index (χ4n) is 1.16. The Morgan fingerprint density at radius 3 is 2.31 bits per heavy atom. The molecule has 0 saturated carbocycles. The summed E-state index contributed by atoms with van der Waals surface area (Å²) in [7, 11) is 0. The maximum Gasteiger partial charge on any atom is 0.433 e. The van der Waals surface area contributed by atoms with Crippen molar-refractivity contribution in [3.05, 3.63) is 23.0 Å². The van der Waals surface area contributed by atoms with Gasteiger partial charge in [-0.1, -0.05) is 0 Å². The van der Waals surface area contributed by atoms with Gasteiger partial charge in [-0.05, 0) is 6.07 Å². The summed E-state index contributed by atoms with van der Waals surface area (Å²) in [6.45, 7) is -0.809. The molecule has 16 heavy (non-hydrogen) atoms. The minimum Gasteiger partial charge on any atom is -0.398 e. The molecule has 1 aromatic heterocycles. The molecule has 0 fully saturated rings.